The molecule has 90 valence electrons. The summed E-state index contributed by atoms with van der Waals surface area (Å²) in [5.74, 6) is -1.24. The second kappa shape index (κ2) is 5.33. The third-order valence-corrected chi connectivity index (χ3v) is 3.12. The number of aliphatic hydroxyl groups is 1. The van der Waals surface area contributed by atoms with Crippen LogP contribution in [0.1, 0.15) is 10.4 Å². The molecular weight excluding hydrogens is 244 g/mol. The molecule has 0 aliphatic heterocycles. The maximum absolute atomic E-state index is 12.9. The lowest BCUT2D eigenvalue weighted by molar-refractivity contribution is 0.176. The van der Waals surface area contributed by atoms with Crippen LogP contribution in [0.4, 0.5) is 8.78 Å². The monoisotopic (exact) mass is 255 g/mol. The summed E-state index contributed by atoms with van der Waals surface area (Å²) in [6, 6.07) is 3.29. The standard InChI is InChI=1S/C12H11F2NOS/c13-9-1-8(2-10(14)4-9)3-11(16)5-12-6-15-7-17-12/h1-2,4,6-7,11,16H,3,5H2. The highest BCUT2D eigenvalue weighted by Gasteiger charge is 2.09. The number of halogens is 2. The van der Waals surface area contributed by atoms with Crippen LogP contribution in [0.3, 0.4) is 0 Å². The van der Waals surface area contributed by atoms with Crippen molar-refractivity contribution in [1.29, 1.82) is 0 Å². The van der Waals surface area contributed by atoms with E-state index in [0.29, 0.717) is 12.0 Å². The van der Waals surface area contributed by atoms with Gasteiger partial charge in [0, 0.05) is 23.6 Å². The summed E-state index contributed by atoms with van der Waals surface area (Å²) >= 11 is 1.45. The van der Waals surface area contributed by atoms with Gasteiger partial charge in [-0.05, 0) is 24.1 Å². The number of aliphatic hydroxyl groups excluding tert-OH is 1. The molecule has 1 aromatic carbocycles. The molecule has 0 spiro atoms. The Morgan fingerprint density at radius 1 is 1.18 bits per heavy atom. The number of hydrogen-bond acceptors (Lipinski definition) is 3. The number of hydrogen-bond donors (Lipinski definition) is 1. The van der Waals surface area contributed by atoms with Gasteiger partial charge in [-0.25, -0.2) is 8.78 Å². The summed E-state index contributed by atoms with van der Waals surface area (Å²) in [6.45, 7) is 0. The minimum absolute atomic E-state index is 0.229. The fraction of sp³-hybridized carbons (Fsp3) is 0.250. The first-order chi connectivity index (χ1) is 8.13. The minimum atomic E-state index is -0.656. The number of nitrogens with zero attached hydrogens (tertiary/aromatic N) is 1. The molecule has 2 aromatic rings. The molecule has 0 saturated carbocycles. The number of aromatic nitrogens is 1. The third-order valence-electron chi connectivity index (χ3n) is 2.31. The molecule has 0 radical (unpaired) electrons. The lowest BCUT2D eigenvalue weighted by Gasteiger charge is -2.09. The van der Waals surface area contributed by atoms with Crippen LogP contribution in [0.2, 0.25) is 0 Å². The maximum Gasteiger partial charge on any atom is 0.126 e. The van der Waals surface area contributed by atoms with Gasteiger partial charge in [-0.1, -0.05) is 0 Å². The summed E-state index contributed by atoms with van der Waals surface area (Å²) in [5.41, 5.74) is 2.14. The highest BCUT2D eigenvalue weighted by atomic mass is 32.1. The SMILES string of the molecule is OC(Cc1cc(F)cc(F)c1)Cc1cncs1. The van der Waals surface area contributed by atoms with Crippen LogP contribution in [0.5, 0.6) is 0 Å². The smallest absolute Gasteiger partial charge is 0.126 e. The molecule has 2 nitrogen and oxygen atoms in total. The van der Waals surface area contributed by atoms with Crippen molar-refractivity contribution in [2.45, 2.75) is 18.9 Å². The molecule has 17 heavy (non-hydrogen) atoms. The number of benzene rings is 1. The predicted octanol–water partition coefficient (Wildman–Crippen LogP) is 2.57. The molecule has 0 amide bonds. The molecule has 1 heterocycles. The Kier molecular flexibility index (Phi) is 3.81. The zero-order valence-electron chi connectivity index (χ0n) is 8.94. The number of thiazole rings is 1. The summed E-state index contributed by atoms with van der Waals surface area (Å²) in [6.07, 6.45) is 1.70. The second-order valence-corrected chi connectivity index (χ2v) is 4.78. The Balaban J connectivity index is 2.00. The first-order valence-corrected chi connectivity index (χ1v) is 6.02. The summed E-state index contributed by atoms with van der Waals surface area (Å²) in [5, 5.41) is 9.79. The Labute approximate surface area is 102 Å². The van der Waals surface area contributed by atoms with Gasteiger partial charge in [0.2, 0.25) is 0 Å². The van der Waals surface area contributed by atoms with Crippen LogP contribution in [-0.4, -0.2) is 16.2 Å². The van der Waals surface area contributed by atoms with E-state index in [9.17, 15) is 13.9 Å². The van der Waals surface area contributed by atoms with Crippen LogP contribution < -0.4 is 0 Å². The molecule has 0 fully saturated rings. The van der Waals surface area contributed by atoms with Gasteiger partial charge in [0.25, 0.3) is 0 Å². The summed E-state index contributed by atoms with van der Waals surface area (Å²) in [7, 11) is 0. The second-order valence-electron chi connectivity index (χ2n) is 3.81. The van der Waals surface area contributed by atoms with Crippen LogP contribution in [0, 0.1) is 11.6 Å². The molecule has 0 aliphatic carbocycles. The van der Waals surface area contributed by atoms with E-state index >= 15 is 0 Å². The van der Waals surface area contributed by atoms with Gasteiger partial charge < -0.3 is 5.11 Å². The van der Waals surface area contributed by atoms with E-state index in [1.807, 2.05) is 0 Å². The molecule has 1 unspecified atom stereocenters. The van der Waals surface area contributed by atoms with E-state index < -0.39 is 17.7 Å². The maximum atomic E-state index is 12.9. The fourth-order valence-corrected chi connectivity index (χ4v) is 2.32. The first-order valence-electron chi connectivity index (χ1n) is 5.14. The largest absolute Gasteiger partial charge is 0.392 e. The van der Waals surface area contributed by atoms with Gasteiger partial charge in [0.05, 0.1) is 11.6 Å². The van der Waals surface area contributed by atoms with Crippen molar-refractivity contribution in [3.8, 4) is 0 Å². The van der Waals surface area contributed by atoms with Crippen LogP contribution in [0.15, 0.2) is 29.9 Å². The van der Waals surface area contributed by atoms with Crippen LogP contribution >= 0.6 is 11.3 Å². The highest BCUT2D eigenvalue weighted by molar-refractivity contribution is 7.09. The average Bonchev–Trinajstić information content (AvgIpc) is 2.67. The normalized spacial score (nSPS) is 12.6. The number of rotatable bonds is 4. The highest BCUT2D eigenvalue weighted by Crippen LogP contribution is 2.14. The fourth-order valence-electron chi connectivity index (χ4n) is 1.65. The van der Waals surface area contributed by atoms with Crippen molar-refractivity contribution in [3.05, 3.63) is 52.0 Å². The first kappa shape index (κ1) is 12.1. The summed E-state index contributed by atoms with van der Waals surface area (Å²) < 4.78 is 25.9. The van der Waals surface area contributed by atoms with E-state index in [4.69, 9.17) is 0 Å². The van der Waals surface area contributed by atoms with E-state index in [1.54, 1.807) is 11.7 Å². The Bertz CT molecular complexity index is 467. The van der Waals surface area contributed by atoms with Gasteiger partial charge in [0.1, 0.15) is 11.6 Å². The van der Waals surface area contributed by atoms with Crippen molar-refractivity contribution < 1.29 is 13.9 Å². The van der Waals surface area contributed by atoms with Crippen molar-refractivity contribution in [3.63, 3.8) is 0 Å². The lowest BCUT2D eigenvalue weighted by Crippen LogP contribution is -2.13. The Hall–Kier alpha value is -1.33. The zero-order valence-corrected chi connectivity index (χ0v) is 9.75. The summed E-state index contributed by atoms with van der Waals surface area (Å²) in [4.78, 5) is 4.85. The average molecular weight is 255 g/mol. The van der Waals surface area contributed by atoms with Crippen LogP contribution in [-0.2, 0) is 12.8 Å². The zero-order chi connectivity index (χ0) is 12.3. The third kappa shape index (κ3) is 3.57. The molecule has 0 aliphatic rings. The lowest BCUT2D eigenvalue weighted by atomic mass is 10.1. The van der Waals surface area contributed by atoms with E-state index in [1.165, 1.54) is 23.5 Å². The topological polar surface area (TPSA) is 33.1 Å². The van der Waals surface area contributed by atoms with Gasteiger partial charge >= 0.3 is 0 Å². The molecular formula is C12H11F2NOS. The van der Waals surface area contributed by atoms with Crippen molar-refractivity contribution in [2.75, 3.05) is 0 Å². The molecule has 1 N–H and O–H groups in total. The Morgan fingerprint density at radius 2 is 1.88 bits per heavy atom. The van der Waals surface area contributed by atoms with E-state index in [2.05, 4.69) is 4.98 Å². The van der Waals surface area contributed by atoms with Crippen molar-refractivity contribution in [1.82, 2.24) is 4.98 Å². The Morgan fingerprint density at radius 3 is 2.47 bits per heavy atom. The quantitative estimate of drug-likeness (QED) is 0.910. The van der Waals surface area contributed by atoms with Gasteiger partial charge in [-0.15, -0.1) is 11.3 Å². The molecule has 1 aromatic heterocycles. The molecule has 1 atom stereocenters. The molecule has 2 rings (SSSR count). The predicted molar refractivity (Wildman–Crippen MR) is 61.9 cm³/mol. The molecule has 5 heteroatoms. The van der Waals surface area contributed by atoms with Crippen molar-refractivity contribution in [2.24, 2.45) is 0 Å². The van der Waals surface area contributed by atoms with Crippen LogP contribution in [0.25, 0.3) is 0 Å². The van der Waals surface area contributed by atoms with Gasteiger partial charge in [-0.3, -0.25) is 4.98 Å². The molecule has 0 saturated heterocycles. The van der Waals surface area contributed by atoms with E-state index in [0.717, 1.165) is 10.9 Å². The minimum Gasteiger partial charge on any atom is -0.392 e. The van der Waals surface area contributed by atoms with E-state index in [-0.39, 0.29) is 6.42 Å². The van der Waals surface area contributed by atoms with Crippen molar-refractivity contribution >= 4 is 11.3 Å². The van der Waals surface area contributed by atoms with Gasteiger partial charge in [-0.2, -0.15) is 0 Å². The van der Waals surface area contributed by atoms with Gasteiger partial charge in [0.15, 0.2) is 0 Å². The molecule has 0 bridgehead atoms.